The van der Waals surface area contributed by atoms with Gasteiger partial charge in [-0.05, 0) is 40.2 Å². The lowest BCUT2D eigenvalue weighted by molar-refractivity contribution is 0.0394. The molecular formula is C12H25N3O2. The highest BCUT2D eigenvalue weighted by Gasteiger charge is 2.33. The molecule has 3 N–H and O–H groups in total. The minimum Gasteiger partial charge on any atom is -0.444 e. The molecule has 1 heterocycles. The number of ether oxygens (including phenoxy) is 1. The molecule has 1 fully saturated rings. The molecule has 1 rings (SSSR count). The van der Waals surface area contributed by atoms with Gasteiger partial charge in [0.05, 0.1) is 5.66 Å². The van der Waals surface area contributed by atoms with Gasteiger partial charge in [-0.15, -0.1) is 0 Å². The average molecular weight is 243 g/mol. The first-order chi connectivity index (χ1) is 7.74. The van der Waals surface area contributed by atoms with Crippen LogP contribution < -0.4 is 11.1 Å². The zero-order valence-electron chi connectivity index (χ0n) is 11.4. The molecule has 0 bridgehead atoms. The van der Waals surface area contributed by atoms with Gasteiger partial charge in [-0.1, -0.05) is 6.92 Å². The first-order valence-corrected chi connectivity index (χ1v) is 6.26. The van der Waals surface area contributed by atoms with E-state index in [0.717, 1.165) is 32.5 Å². The fourth-order valence-corrected chi connectivity index (χ4v) is 1.90. The van der Waals surface area contributed by atoms with Crippen molar-refractivity contribution in [3.8, 4) is 0 Å². The van der Waals surface area contributed by atoms with Gasteiger partial charge in [0, 0.05) is 13.1 Å². The Morgan fingerprint density at radius 2 is 1.94 bits per heavy atom. The van der Waals surface area contributed by atoms with Crippen molar-refractivity contribution in [2.24, 2.45) is 5.73 Å². The van der Waals surface area contributed by atoms with Crippen molar-refractivity contribution in [3.63, 3.8) is 0 Å². The summed E-state index contributed by atoms with van der Waals surface area (Å²) in [5, 5.41) is 2.79. The molecule has 100 valence electrons. The molecule has 0 aromatic rings. The second-order valence-electron chi connectivity index (χ2n) is 5.72. The fourth-order valence-electron chi connectivity index (χ4n) is 1.90. The Balaban J connectivity index is 2.43. The lowest BCUT2D eigenvalue weighted by Crippen LogP contribution is -2.61. The molecule has 0 aliphatic carbocycles. The zero-order chi connectivity index (χ0) is 13.1. The van der Waals surface area contributed by atoms with Crippen molar-refractivity contribution in [1.82, 2.24) is 10.2 Å². The van der Waals surface area contributed by atoms with E-state index in [1.807, 2.05) is 20.8 Å². The van der Waals surface area contributed by atoms with E-state index in [4.69, 9.17) is 10.5 Å². The molecule has 5 heteroatoms. The van der Waals surface area contributed by atoms with Crippen LogP contribution in [0, 0.1) is 0 Å². The van der Waals surface area contributed by atoms with Crippen LogP contribution in [0.15, 0.2) is 0 Å². The van der Waals surface area contributed by atoms with Gasteiger partial charge in [0.1, 0.15) is 5.60 Å². The predicted octanol–water partition coefficient (Wildman–Crippen LogP) is 1.28. The van der Waals surface area contributed by atoms with Gasteiger partial charge in [0.2, 0.25) is 0 Å². The Bertz CT molecular complexity index is 265. The number of carbonyl (C=O) groups excluding carboxylic acids is 1. The number of rotatable bonds is 2. The van der Waals surface area contributed by atoms with Gasteiger partial charge in [-0.3, -0.25) is 0 Å². The molecule has 1 aliphatic rings. The first kappa shape index (κ1) is 14.3. The summed E-state index contributed by atoms with van der Waals surface area (Å²) in [7, 11) is 0. The van der Waals surface area contributed by atoms with Crippen LogP contribution in [-0.4, -0.2) is 41.9 Å². The predicted molar refractivity (Wildman–Crippen MR) is 67.6 cm³/mol. The summed E-state index contributed by atoms with van der Waals surface area (Å²) in [6.45, 7) is 10.5. The Hall–Kier alpha value is -0.810. The summed E-state index contributed by atoms with van der Waals surface area (Å²) in [6.07, 6.45) is 1.10. The molecule has 0 aromatic carbocycles. The standard InChI is InChI=1S/C12H25N3O2/c1-5-15-8-6-12(13,7-9-15)14-10(16)17-11(2,3)4/h5-9,13H2,1-4H3,(H,14,16). The maximum Gasteiger partial charge on any atom is 0.409 e. The van der Waals surface area contributed by atoms with E-state index in [0.29, 0.717) is 0 Å². The summed E-state index contributed by atoms with van der Waals surface area (Å²) in [6, 6.07) is 0. The van der Waals surface area contributed by atoms with Crippen LogP contribution in [0.4, 0.5) is 4.79 Å². The molecule has 0 aromatic heterocycles. The van der Waals surface area contributed by atoms with Gasteiger partial charge in [-0.25, -0.2) is 4.79 Å². The van der Waals surface area contributed by atoms with Crippen molar-refractivity contribution >= 4 is 6.09 Å². The second kappa shape index (κ2) is 5.23. The number of likely N-dealkylation sites (tertiary alicyclic amines) is 1. The second-order valence-corrected chi connectivity index (χ2v) is 5.72. The zero-order valence-corrected chi connectivity index (χ0v) is 11.4. The van der Waals surface area contributed by atoms with Crippen LogP contribution in [0.5, 0.6) is 0 Å². The normalized spacial score (nSPS) is 21.0. The van der Waals surface area contributed by atoms with E-state index in [9.17, 15) is 4.79 Å². The lowest BCUT2D eigenvalue weighted by Gasteiger charge is -2.39. The topological polar surface area (TPSA) is 67.6 Å². The van der Waals surface area contributed by atoms with Gasteiger partial charge >= 0.3 is 6.09 Å². The number of hydrogen-bond acceptors (Lipinski definition) is 4. The van der Waals surface area contributed by atoms with Crippen LogP contribution in [0.2, 0.25) is 0 Å². The largest absolute Gasteiger partial charge is 0.444 e. The van der Waals surface area contributed by atoms with Gasteiger partial charge in [-0.2, -0.15) is 0 Å². The Morgan fingerprint density at radius 1 is 1.41 bits per heavy atom. The molecule has 0 radical (unpaired) electrons. The molecule has 1 amide bonds. The summed E-state index contributed by atoms with van der Waals surface area (Å²) in [5.41, 5.74) is 5.06. The minimum atomic E-state index is -0.617. The summed E-state index contributed by atoms with van der Waals surface area (Å²) in [5.74, 6) is 0. The molecule has 0 saturated carbocycles. The summed E-state index contributed by atoms with van der Waals surface area (Å²) in [4.78, 5) is 14.0. The third-order valence-corrected chi connectivity index (χ3v) is 2.95. The van der Waals surface area contributed by atoms with E-state index >= 15 is 0 Å². The van der Waals surface area contributed by atoms with Crippen molar-refractivity contribution in [1.29, 1.82) is 0 Å². The third-order valence-electron chi connectivity index (χ3n) is 2.95. The highest BCUT2D eigenvalue weighted by atomic mass is 16.6. The van der Waals surface area contributed by atoms with Crippen molar-refractivity contribution in [2.75, 3.05) is 19.6 Å². The van der Waals surface area contributed by atoms with Crippen LogP contribution >= 0.6 is 0 Å². The van der Waals surface area contributed by atoms with E-state index in [-0.39, 0.29) is 0 Å². The number of piperidine rings is 1. The molecule has 17 heavy (non-hydrogen) atoms. The Labute approximate surface area is 104 Å². The molecule has 0 spiro atoms. The maximum atomic E-state index is 11.7. The summed E-state index contributed by atoms with van der Waals surface area (Å²) >= 11 is 0. The number of alkyl carbamates (subject to hydrolysis) is 1. The number of hydrogen-bond donors (Lipinski definition) is 2. The van der Waals surface area contributed by atoms with Crippen LogP contribution in [0.1, 0.15) is 40.5 Å². The molecule has 5 nitrogen and oxygen atoms in total. The van der Waals surface area contributed by atoms with Crippen LogP contribution in [0.3, 0.4) is 0 Å². The van der Waals surface area contributed by atoms with Crippen molar-refractivity contribution in [3.05, 3.63) is 0 Å². The molecule has 0 unspecified atom stereocenters. The monoisotopic (exact) mass is 243 g/mol. The van der Waals surface area contributed by atoms with E-state index in [1.165, 1.54) is 0 Å². The molecular weight excluding hydrogens is 218 g/mol. The summed E-state index contributed by atoms with van der Waals surface area (Å²) < 4.78 is 5.22. The number of carbonyl (C=O) groups is 1. The third kappa shape index (κ3) is 4.91. The van der Waals surface area contributed by atoms with Gasteiger partial charge < -0.3 is 20.7 Å². The molecule has 1 aliphatic heterocycles. The minimum absolute atomic E-state index is 0.426. The highest BCUT2D eigenvalue weighted by Crippen LogP contribution is 2.17. The number of nitrogens with zero attached hydrogens (tertiary/aromatic N) is 1. The molecule has 0 atom stereocenters. The number of nitrogens with two attached hydrogens (primary N) is 1. The maximum absolute atomic E-state index is 11.7. The van der Waals surface area contributed by atoms with Gasteiger partial charge in [0.15, 0.2) is 0 Å². The van der Waals surface area contributed by atoms with E-state index < -0.39 is 17.4 Å². The van der Waals surface area contributed by atoms with E-state index in [1.54, 1.807) is 0 Å². The Morgan fingerprint density at radius 3 is 2.35 bits per heavy atom. The van der Waals surface area contributed by atoms with Crippen molar-refractivity contribution < 1.29 is 9.53 Å². The molecule has 1 saturated heterocycles. The van der Waals surface area contributed by atoms with Crippen LogP contribution in [0.25, 0.3) is 0 Å². The lowest BCUT2D eigenvalue weighted by atomic mass is 9.98. The number of amides is 1. The quantitative estimate of drug-likeness (QED) is 0.717. The van der Waals surface area contributed by atoms with Gasteiger partial charge in [0.25, 0.3) is 0 Å². The smallest absolute Gasteiger partial charge is 0.409 e. The fraction of sp³-hybridized carbons (Fsp3) is 0.917. The van der Waals surface area contributed by atoms with Crippen LogP contribution in [-0.2, 0) is 4.74 Å². The average Bonchev–Trinajstić information content (AvgIpc) is 2.15. The van der Waals surface area contributed by atoms with Crippen molar-refractivity contribution in [2.45, 2.75) is 51.8 Å². The number of nitrogens with one attached hydrogen (secondary N) is 1. The highest BCUT2D eigenvalue weighted by molar-refractivity contribution is 5.68. The van der Waals surface area contributed by atoms with E-state index in [2.05, 4.69) is 17.1 Å². The first-order valence-electron chi connectivity index (χ1n) is 6.26. The Kier molecular flexibility index (Phi) is 4.38. The SMILES string of the molecule is CCN1CCC(N)(NC(=O)OC(C)(C)C)CC1.